The Morgan fingerprint density at radius 3 is 2.84 bits per heavy atom. The lowest BCUT2D eigenvalue weighted by Gasteiger charge is -2.05. The second kappa shape index (κ2) is 6.82. The molecule has 19 heavy (non-hydrogen) atoms. The van der Waals surface area contributed by atoms with Crippen LogP contribution in [0.4, 0.5) is 0 Å². The van der Waals surface area contributed by atoms with E-state index in [1.54, 1.807) is 11.3 Å². The Hall–Kier alpha value is -1.20. The summed E-state index contributed by atoms with van der Waals surface area (Å²) < 4.78 is 5.68. The summed E-state index contributed by atoms with van der Waals surface area (Å²) in [6.07, 6.45) is 2.97. The molecule has 0 amide bonds. The lowest BCUT2D eigenvalue weighted by Crippen LogP contribution is -2.23. The van der Waals surface area contributed by atoms with Crippen LogP contribution >= 0.6 is 11.3 Å². The van der Waals surface area contributed by atoms with Crippen molar-refractivity contribution < 1.29 is 4.42 Å². The molecule has 0 radical (unpaired) electrons. The van der Waals surface area contributed by atoms with Gasteiger partial charge in [-0.15, -0.1) is 10.2 Å². The Morgan fingerprint density at radius 1 is 1.32 bits per heavy atom. The zero-order valence-corrected chi connectivity index (χ0v) is 12.6. The van der Waals surface area contributed by atoms with Crippen LogP contribution in [0.25, 0.3) is 10.8 Å². The summed E-state index contributed by atoms with van der Waals surface area (Å²) >= 11 is 1.62. The van der Waals surface area contributed by atoms with E-state index in [2.05, 4.69) is 36.3 Å². The molecule has 5 heteroatoms. The molecule has 0 saturated carbocycles. The molecule has 0 aliphatic rings. The summed E-state index contributed by atoms with van der Waals surface area (Å²) in [5.41, 5.74) is 0. The topological polar surface area (TPSA) is 51.0 Å². The molecule has 2 heterocycles. The van der Waals surface area contributed by atoms with Gasteiger partial charge in [0.2, 0.25) is 0 Å². The average molecular weight is 279 g/mol. The van der Waals surface area contributed by atoms with E-state index >= 15 is 0 Å². The van der Waals surface area contributed by atoms with E-state index in [1.807, 2.05) is 12.1 Å². The number of nitrogens with one attached hydrogen (secondary N) is 1. The Balaban J connectivity index is 1.88. The van der Waals surface area contributed by atoms with E-state index in [1.165, 1.54) is 0 Å². The van der Waals surface area contributed by atoms with Gasteiger partial charge in [0.25, 0.3) is 0 Å². The molecule has 4 nitrogen and oxygen atoms in total. The Kier molecular flexibility index (Phi) is 5.10. The van der Waals surface area contributed by atoms with E-state index in [0.717, 1.165) is 47.3 Å². The number of hydrogen-bond donors (Lipinski definition) is 1. The molecule has 0 spiro atoms. The minimum Gasteiger partial charge on any atom is -0.459 e. The van der Waals surface area contributed by atoms with Crippen LogP contribution in [-0.4, -0.2) is 22.8 Å². The zero-order chi connectivity index (χ0) is 13.7. The van der Waals surface area contributed by atoms with Crippen molar-refractivity contribution in [1.82, 2.24) is 15.5 Å². The van der Waals surface area contributed by atoms with Crippen molar-refractivity contribution in [3.05, 3.63) is 22.9 Å². The van der Waals surface area contributed by atoms with Gasteiger partial charge in [-0.1, -0.05) is 32.1 Å². The number of aryl methyl sites for hydroxylation is 2. The number of rotatable bonds is 7. The first kappa shape index (κ1) is 14.2. The molecule has 2 rings (SSSR count). The summed E-state index contributed by atoms with van der Waals surface area (Å²) in [4.78, 5) is 0. The summed E-state index contributed by atoms with van der Waals surface area (Å²) in [5.74, 6) is 1.83. The molecular formula is C14H21N3OS. The van der Waals surface area contributed by atoms with Gasteiger partial charge in [-0.3, -0.25) is 0 Å². The first-order valence-corrected chi connectivity index (χ1v) is 7.65. The van der Waals surface area contributed by atoms with E-state index in [-0.39, 0.29) is 0 Å². The molecule has 0 fully saturated rings. The molecule has 1 N–H and O–H groups in total. The molecule has 2 aromatic heterocycles. The number of hydrogen-bond acceptors (Lipinski definition) is 5. The summed E-state index contributed by atoms with van der Waals surface area (Å²) in [6, 6.07) is 4.52. The molecule has 2 aromatic rings. The summed E-state index contributed by atoms with van der Waals surface area (Å²) in [5, 5.41) is 13.8. The van der Waals surface area contributed by atoms with Gasteiger partial charge in [-0.2, -0.15) is 0 Å². The van der Waals surface area contributed by atoms with Crippen LogP contribution in [0, 0.1) is 0 Å². The third-order valence-electron chi connectivity index (χ3n) is 2.81. The van der Waals surface area contributed by atoms with Crippen molar-refractivity contribution in [1.29, 1.82) is 0 Å². The Labute approximate surface area is 118 Å². The highest BCUT2D eigenvalue weighted by molar-refractivity contribution is 7.14. The SMILES string of the molecule is CCc1ccc(-c2nnc(CCCNC(C)C)s2)o1. The minimum absolute atomic E-state index is 0.542. The summed E-state index contributed by atoms with van der Waals surface area (Å²) in [6.45, 7) is 7.42. The van der Waals surface area contributed by atoms with Crippen LogP contribution in [0.1, 0.15) is 38.0 Å². The lowest BCUT2D eigenvalue weighted by atomic mass is 10.3. The van der Waals surface area contributed by atoms with Gasteiger partial charge in [0.05, 0.1) is 0 Å². The maximum atomic E-state index is 5.68. The van der Waals surface area contributed by atoms with Crippen LogP contribution < -0.4 is 5.32 Å². The molecular weight excluding hydrogens is 258 g/mol. The third kappa shape index (κ3) is 4.14. The Bertz CT molecular complexity index is 504. The first-order valence-electron chi connectivity index (χ1n) is 6.84. The lowest BCUT2D eigenvalue weighted by molar-refractivity contribution is 0.528. The standard InChI is InChI=1S/C14H21N3OS/c1-4-11-7-8-12(18-11)14-17-16-13(19-14)6-5-9-15-10(2)3/h7-8,10,15H,4-6,9H2,1-3H3. The molecule has 0 unspecified atom stereocenters. The first-order chi connectivity index (χ1) is 9.19. The van der Waals surface area contributed by atoms with Crippen molar-refractivity contribution in [3.63, 3.8) is 0 Å². The van der Waals surface area contributed by atoms with Gasteiger partial charge in [0, 0.05) is 18.9 Å². The highest BCUT2D eigenvalue weighted by atomic mass is 32.1. The van der Waals surface area contributed by atoms with E-state index < -0.39 is 0 Å². The number of nitrogens with zero attached hydrogens (tertiary/aromatic N) is 2. The summed E-state index contributed by atoms with van der Waals surface area (Å²) in [7, 11) is 0. The van der Waals surface area contributed by atoms with E-state index in [9.17, 15) is 0 Å². The minimum atomic E-state index is 0.542. The largest absolute Gasteiger partial charge is 0.459 e. The van der Waals surface area contributed by atoms with Crippen LogP contribution in [0.2, 0.25) is 0 Å². The van der Waals surface area contributed by atoms with Gasteiger partial charge in [0.15, 0.2) is 10.8 Å². The average Bonchev–Trinajstić information content (AvgIpc) is 3.02. The third-order valence-corrected chi connectivity index (χ3v) is 3.81. The maximum absolute atomic E-state index is 5.68. The van der Waals surface area contributed by atoms with Gasteiger partial charge < -0.3 is 9.73 Å². The molecule has 0 aliphatic carbocycles. The zero-order valence-electron chi connectivity index (χ0n) is 11.8. The molecule has 0 aliphatic heterocycles. The quantitative estimate of drug-likeness (QED) is 0.790. The van der Waals surface area contributed by atoms with Gasteiger partial charge in [-0.25, -0.2) is 0 Å². The van der Waals surface area contributed by atoms with Gasteiger partial charge in [0.1, 0.15) is 10.8 Å². The maximum Gasteiger partial charge on any atom is 0.183 e. The molecule has 0 bridgehead atoms. The molecule has 0 saturated heterocycles. The van der Waals surface area contributed by atoms with Crippen LogP contribution in [0.3, 0.4) is 0 Å². The number of furan rings is 1. The monoisotopic (exact) mass is 279 g/mol. The predicted molar refractivity (Wildman–Crippen MR) is 78.4 cm³/mol. The molecule has 104 valence electrons. The molecule has 0 atom stereocenters. The van der Waals surface area contributed by atoms with Crippen molar-refractivity contribution in [2.24, 2.45) is 0 Å². The normalized spacial score (nSPS) is 11.4. The van der Waals surface area contributed by atoms with Gasteiger partial charge in [-0.05, 0) is 25.1 Å². The van der Waals surface area contributed by atoms with Crippen LogP contribution in [0.5, 0.6) is 0 Å². The van der Waals surface area contributed by atoms with Crippen molar-refractivity contribution in [2.75, 3.05) is 6.54 Å². The number of aromatic nitrogens is 2. The van der Waals surface area contributed by atoms with Crippen molar-refractivity contribution >= 4 is 11.3 Å². The van der Waals surface area contributed by atoms with Crippen molar-refractivity contribution in [2.45, 2.75) is 46.1 Å². The highest BCUT2D eigenvalue weighted by Crippen LogP contribution is 2.26. The van der Waals surface area contributed by atoms with Crippen LogP contribution in [-0.2, 0) is 12.8 Å². The predicted octanol–water partition coefficient (Wildman–Crippen LogP) is 3.29. The highest BCUT2D eigenvalue weighted by Gasteiger charge is 2.10. The second-order valence-corrected chi connectivity index (χ2v) is 5.89. The fourth-order valence-electron chi connectivity index (χ4n) is 1.77. The van der Waals surface area contributed by atoms with E-state index in [0.29, 0.717) is 6.04 Å². The second-order valence-electron chi connectivity index (χ2n) is 4.83. The fourth-order valence-corrected chi connectivity index (χ4v) is 2.61. The van der Waals surface area contributed by atoms with E-state index in [4.69, 9.17) is 4.42 Å². The molecule has 0 aromatic carbocycles. The fraction of sp³-hybridized carbons (Fsp3) is 0.571. The Morgan fingerprint density at radius 2 is 2.16 bits per heavy atom. The smallest absolute Gasteiger partial charge is 0.183 e. The van der Waals surface area contributed by atoms with Gasteiger partial charge >= 0.3 is 0 Å². The van der Waals surface area contributed by atoms with Crippen LogP contribution in [0.15, 0.2) is 16.5 Å². The van der Waals surface area contributed by atoms with Crippen molar-refractivity contribution in [3.8, 4) is 10.8 Å².